The predicted octanol–water partition coefficient (Wildman–Crippen LogP) is 1.78. The van der Waals surface area contributed by atoms with Gasteiger partial charge in [0, 0.05) is 45.8 Å². The van der Waals surface area contributed by atoms with Crippen molar-refractivity contribution in [2.75, 3.05) is 63.1 Å². The third-order valence-electron chi connectivity index (χ3n) is 4.74. The summed E-state index contributed by atoms with van der Waals surface area (Å²) in [5, 5.41) is 6.75. The summed E-state index contributed by atoms with van der Waals surface area (Å²) in [4.78, 5) is 4.84. The number of hydrogen-bond acceptors (Lipinski definition) is 5. The monoisotopic (exact) mass is 413 g/mol. The molecule has 1 aromatic rings. The first kappa shape index (κ1) is 21.9. The Hall–Kier alpha value is -1.42. The Morgan fingerprint density at radius 1 is 1.15 bits per heavy atom. The van der Waals surface area contributed by atoms with Crippen LogP contribution in [0.5, 0.6) is 0 Å². The van der Waals surface area contributed by atoms with E-state index in [1.807, 2.05) is 26.8 Å². The van der Waals surface area contributed by atoms with Crippen LogP contribution in [0.25, 0.3) is 0 Å². The van der Waals surface area contributed by atoms with E-state index in [0.29, 0.717) is 24.7 Å². The van der Waals surface area contributed by atoms with E-state index in [4.69, 9.17) is 12.2 Å². The Kier molecular flexibility index (Phi) is 7.84. The third-order valence-corrected chi connectivity index (χ3v) is 7.03. The number of benzene rings is 1. The molecule has 2 N–H and O–H groups in total. The van der Waals surface area contributed by atoms with Gasteiger partial charge in [0.25, 0.3) is 0 Å². The van der Waals surface area contributed by atoms with Gasteiger partial charge in [0.05, 0.1) is 16.3 Å². The number of hydrogen-bond donors (Lipinski definition) is 2. The van der Waals surface area contributed by atoms with Gasteiger partial charge in [0.15, 0.2) is 5.11 Å². The molecule has 0 atom stereocenters. The summed E-state index contributed by atoms with van der Waals surface area (Å²) in [7, 11) is -1.42. The zero-order chi connectivity index (χ0) is 20.0. The Bertz CT molecular complexity index is 742. The average Bonchev–Trinajstić information content (AvgIpc) is 2.63. The lowest BCUT2D eigenvalue weighted by Crippen LogP contribution is -2.45. The fraction of sp³-hybridized carbons (Fsp3) is 0.611. The summed E-state index contributed by atoms with van der Waals surface area (Å²) in [6.45, 7) is 11.0. The fourth-order valence-corrected chi connectivity index (χ4v) is 4.88. The minimum atomic E-state index is -3.53. The maximum absolute atomic E-state index is 12.9. The highest BCUT2D eigenvalue weighted by atomic mass is 32.2. The van der Waals surface area contributed by atoms with Gasteiger partial charge >= 0.3 is 0 Å². The van der Waals surface area contributed by atoms with E-state index >= 15 is 0 Å². The molecule has 152 valence electrons. The second-order valence-corrected chi connectivity index (χ2v) is 8.89. The molecule has 0 amide bonds. The molecule has 0 saturated carbocycles. The van der Waals surface area contributed by atoms with E-state index in [1.54, 1.807) is 12.1 Å². The molecule has 0 aromatic heterocycles. The van der Waals surface area contributed by atoms with Crippen molar-refractivity contribution in [1.82, 2.24) is 14.5 Å². The molecule has 0 spiro atoms. The van der Waals surface area contributed by atoms with Gasteiger partial charge in [-0.3, -0.25) is 0 Å². The molecule has 9 heteroatoms. The number of nitrogens with one attached hydrogen (secondary N) is 2. The first-order valence-corrected chi connectivity index (χ1v) is 11.3. The highest BCUT2D eigenvalue weighted by molar-refractivity contribution is 7.89. The topological polar surface area (TPSA) is 67.9 Å². The van der Waals surface area contributed by atoms with Gasteiger partial charge in [-0.2, -0.15) is 4.31 Å². The van der Waals surface area contributed by atoms with Crippen molar-refractivity contribution < 1.29 is 8.42 Å². The van der Waals surface area contributed by atoms with Gasteiger partial charge < -0.3 is 20.4 Å². The molecule has 1 heterocycles. The molecule has 27 heavy (non-hydrogen) atoms. The molecule has 0 radical (unpaired) electrons. The van der Waals surface area contributed by atoms with Crippen LogP contribution in [0.1, 0.15) is 20.8 Å². The molecule has 1 aliphatic heterocycles. The van der Waals surface area contributed by atoms with E-state index in [-0.39, 0.29) is 4.90 Å². The van der Waals surface area contributed by atoms with E-state index in [1.165, 1.54) is 4.31 Å². The van der Waals surface area contributed by atoms with Crippen LogP contribution in [-0.2, 0) is 10.0 Å². The quantitative estimate of drug-likeness (QED) is 0.661. The molecular formula is C18H31N5O2S2. The van der Waals surface area contributed by atoms with Gasteiger partial charge in [-0.1, -0.05) is 13.8 Å². The minimum Gasteiger partial charge on any atom is -0.367 e. The van der Waals surface area contributed by atoms with Crippen molar-refractivity contribution in [2.45, 2.75) is 25.7 Å². The predicted molar refractivity (Wildman–Crippen MR) is 116 cm³/mol. The number of thiocarbonyl (C=S) groups is 1. The fourth-order valence-electron chi connectivity index (χ4n) is 3.14. The Morgan fingerprint density at radius 3 is 2.33 bits per heavy atom. The van der Waals surface area contributed by atoms with Crippen LogP contribution < -0.4 is 15.5 Å². The van der Waals surface area contributed by atoms with Crippen molar-refractivity contribution in [1.29, 1.82) is 0 Å². The average molecular weight is 414 g/mol. The van der Waals surface area contributed by atoms with Crippen LogP contribution in [0.2, 0.25) is 0 Å². The van der Waals surface area contributed by atoms with Gasteiger partial charge in [-0.25, -0.2) is 8.42 Å². The minimum absolute atomic E-state index is 0.283. The second-order valence-electron chi connectivity index (χ2n) is 6.54. The van der Waals surface area contributed by atoms with Crippen LogP contribution >= 0.6 is 12.2 Å². The number of sulfonamides is 1. The van der Waals surface area contributed by atoms with E-state index in [2.05, 4.69) is 27.5 Å². The van der Waals surface area contributed by atoms with E-state index in [0.717, 1.165) is 37.6 Å². The maximum Gasteiger partial charge on any atom is 0.243 e. The summed E-state index contributed by atoms with van der Waals surface area (Å²) < 4.78 is 27.3. The summed E-state index contributed by atoms with van der Waals surface area (Å²) >= 11 is 5.34. The van der Waals surface area contributed by atoms with Crippen LogP contribution in [0.4, 0.5) is 11.4 Å². The summed E-state index contributed by atoms with van der Waals surface area (Å²) in [5.41, 5.74) is 1.69. The smallest absolute Gasteiger partial charge is 0.243 e. The Labute approximate surface area is 168 Å². The van der Waals surface area contributed by atoms with Crippen molar-refractivity contribution in [3.8, 4) is 0 Å². The van der Waals surface area contributed by atoms with Crippen LogP contribution in [0, 0.1) is 0 Å². The van der Waals surface area contributed by atoms with Crippen molar-refractivity contribution in [2.24, 2.45) is 0 Å². The molecule has 0 aliphatic carbocycles. The number of rotatable bonds is 7. The molecule has 1 fully saturated rings. The molecule has 1 aromatic carbocycles. The van der Waals surface area contributed by atoms with Crippen molar-refractivity contribution in [3.63, 3.8) is 0 Å². The summed E-state index contributed by atoms with van der Waals surface area (Å²) in [5.74, 6) is 0. The number of likely N-dealkylation sites (N-methyl/N-ethyl adjacent to an activating group) is 1. The Balaban J connectivity index is 2.41. The van der Waals surface area contributed by atoms with Crippen LogP contribution in [0.15, 0.2) is 23.1 Å². The molecule has 7 nitrogen and oxygen atoms in total. The highest BCUT2D eigenvalue weighted by Gasteiger charge is 2.24. The zero-order valence-electron chi connectivity index (χ0n) is 16.7. The Morgan fingerprint density at radius 2 is 1.78 bits per heavy atom. The first-order valence-electron chi connectivity index (χ1n) is 9.46. The third kappa shape index (κ3) is 5.31. The molecular weight excluding hydrogens is 382 g/mol. The number of anilines is 2. The summed E-state index contributed by atoms with van der Waals surface area (Å²) in [6, 6.07) is 5.28. The molecule has 1 aliphatic rings. The lowest BCUT2D eigenvalue weighted by molar-refractivity contribution is 0.313. The zero-order valence-corrected chi connectivity index (χ0v) is 18.3. The normalized spacial score (nSPS) is 15.8. The molecule has 2 rings (SSSR count). The standard InChI is InChI=1S/C18H31N5O2S2/c1-5-19-18(26)20-16-14-15(27(24,25)23(6-2)7-3)8-9-17(16)22-12-10-21(4)11-13-22/h8-9,14H,5-7,10-13H2,1-4H3,(H2,19,20,26). The first-order chi connectivity index (χ1) is 12.8. The van der Waals surface area contributed by atoms with Crippen molar-refractivity contribution in [3.05, 3.63) is 18.2 Å². The number of nitrogens with zero attached hydrogens (tertiary/aromatic N) is 3. The largest absolute Gasteiger partial charge is 0.367 e. The van der Waals surface area contributed by atoms with Crippen LogP contribution in [0.3, 0.4) is 0 Å². The number of piperazine rings is 1. The summed E-state index contributed by atoms with van der Waals surface area (Å²) in [6.07, 6.45) is 0. The van der Waals surface area contributed by atoms with Gasteiger partial charge in [0.2, 0.25) is 10.0 Å². The van der Waals surface area contributed by atoms with Crippen molar-refractivity contribution >= 4 is 38.7 Å². The van der Waals surface area contributed by atoms with Gasteiger partial charge in [-0.15, -0.1) is 0 Å². The maximum atomic E-state index is 12.9. The second kappa shape index (κ2) is 9.68. The van der Waals surface area contributed by atoms with E-state index in [9.17, 15) is 8.42 Å². The van der Waals surface area contributed by atoms with Crippen LogP contribution in [-0.4, -0.2) is 75.6 Å². The van der Waals surface area contributed by atoms with E-state index < -0.39 is 10.0 Å². The van der Waals surface area contributed by atoms with Gasteiger partial charge in [-0.05, 0) is 44.4 Å². The SMILES string of the molecule is CCNC(=S)Nc1cc(S(=O)(=O)N(CC)CC)ccc1N1CCN(C)CC1. The molecule has 1 saturated heterocycles. The van der Waals surface area contributed by atoms with Gasteiger partial charge in [0.1, 0.15) is 0 Å². The lowest BCUT2D eigenvalue weighted by Gasteiger charge is -2.35. The molecule has 0 unspecified atom stereocenters. The molecule has 0 bridgehead atoms. The lowest BCUT2D eigenvalue weighted by atomic mass is 10.2. The highest BCUT2D eigenvalue weighted by Crippen LogP contribution is 2.31.